The summed E-state index contributed by atoms with van der Waals surface area (Å²) >= 11 is 1.44. The van der Waals surface area contributed by atoms with Crippen molar-refractivity contribution in [1.82, 2.24) is 4.98 Å². The Balaban J connectivity index is 2.45. The van der Waals surface area contributed by atoms with E-state index in [1.165, 1.54) is 18.3 Å². The number of anilines is 1. The standard InChI is InChI=1S/C8H12N2O2S/c1-5-7(13-8(9)10-5)3-4-12-6(2)11/h3-4H2,1-2H3,(H2,9,10). The van der Waals surface area contributed by atoms with E-state index in [0.717, 1.165) is 10.6 Å². The van der Waals surface area contributed by atoms with E-state index >= 15 is 0 Å². The number of esters is 1. The van der Waals surface area contributed by atoms with Crippen molar-refractivity contribution in [3.05, 3.63) is 10.6 Å². The first-order chi connectivity index (χ1) is 6.09. The monoisotopic (exact) mass is 200 g/mol. The molecule has 0 aliphatic rings. The molecule has 0 saturated carbocycles. The van der Waals surface area contributed by atoms with Crippen LogP contribution in [0.25, 0.3) is 0 Å². The Labute approximate surface area is 80.7 Å². The van der Waals surface area contributed by atoms with Crippen molar-refractivity contribution in [1.29, 1.82) is 0 Å². The molecule has 0 atom stereocenters. The summed E-state index contributed by atoms with van der Waals surface area (Å²) in [5.74, 6) is -0.254. The van der Waals surface area contributed by atoms with Crippen molar-refractivity contribution in [2.24, 2.45) is 0 Å². The van der Waals surface area contributed by atoms with Crippen LogP contribution in [0.1, 0.15) is 17.5 Å². The Hall–Kier alpha value is -1.10. The van der Waals surface area contributed by atoms with Crippen molar-refractivity contribution >= 4 is 22.4 Å². The molecule has 0 aliphatic heterocycles. The van der Waals surface area contributed by atoms with Crippen LogP contribution in [0.4, 0.5) is 5.13 Å². The Bertz CT molecular complexity index is 309. The number of rotatable bonds is 3. The van der Waals surface area contributed by atoms with Gasteiger partial charge in [-0.3, -0.25) is 4.79 Å². The van der Waals surface area contributed by atoms with Gasteiger partial charge >= 0.3 is 5.97 Å². The van der Waals surface area contributed by atoms with Crippen LogP contribution in [0.5, 0.6) is 0 Å². The maximum atomic E-state index is 10.5. The molecule has 13 heavy (non-hydrogen) atoms. The second-order valence-electron chi connectivity index (χ2n) is 2.65. The number of ether oxygens (including phenoxy) is 1. The van der Waals surface area contributed by atoms with Gasteiger partial charge in [0.2, 0.25) is 0 Å². The van der Waals surface area contributed by atoms with E-state index in [1.807, 2.05) is 6.92 Å². The molecule has 0 saturated heterocycles. The van der Waals surface area contributed by atoms with Gasteiger partial charge in [-0.05, 0) is 6.92 Å². The Morgan fingerprint density at radius 1 is 1.69 bits per heavy atom. The number of carbonyl (C=O) groups excluding carboxylic acids is 1. The summed E-state index contributed by atoms with van der Waals surface area (Å²) in [5.41, 5.74) is 6.44. The van der Waals surface area contributed by atoms with Gasteiger partial charge < -0.3 is 10.5 Å². The topological polar surface area (TPSA) is 65.2 Å². The molecule has 0 aromatic carbocycles. The highest BCUT2D eigenvalue weighted by atomic mass is 32.1. The highest BCUT2D eigenvalue weighted by Crippen LogP contribution is 2.19. The lowest BCUT2D eigenvalue weighted by Crippen LogP contribution is -2.02. The maximum Gasteiger partial charge on any atom is 0.302 e. The van der Waals surface area contributed by atoms with Gasteiger partial charge in [-0.1, -0.05) is 0 Å². The quantitative estimate of drug-likeness (QED) is 0.743. The third kappa shape index (κ3) is 3.02. The maximum absolute atomic E-state index is 10.5. The molecule has 5 heteroatoms. The lowest BCUT2D eigenvalue weighted by atomic mass is 10.3. The minimum Gasteiger partial charge on any atom is -0.465 e. The zero-order chi connectivity index (χ0) is 9.84. The van der Waals surface area contributed by atoms with Crippen LogP contribution in [0.15, 0.2) is 0 Å². The number of thiazole rings is 1. The van der Waals surface area contributed by atoms with Crippen molar-refractivity contribution in [3.63, 3.8) is 0 Å². The fourth-order valence-corrected chi connectivity index (χ4v) is 1.78. The van der Waals surface area contributed by atoms with Gasteiger partial charge in [0.15, 0.2) is 5.13 Å². The van der Waals surface area contributed by atoms with Crippen molar-refractivity contribution in [2.45, 2.75) is 20.3 Å². The van der Waals surface area contributed by atoms with E-state index in [0.29, 0.717) is 18.2 Å². The SMILES string of the molecule is CC(=O)OCCc1sc(N)nc1C. The number of aromatic nitrogens is 1. The molecule has 1 heterocycles. The highest BCUT2D eigenvalue weighted by Gasteiger charge is 2.05. The molecule has 0 radical (unpaired) electrons. The summed E-state index contributed by atoms with van der Waals surface area (Å²) in [6, 6.07) is 0. The summed E-state index contributed by atoms with van der Waals surface area (Å²) in [7, 11) is 0. The van der Waals surface area contributed by atoms with Crippen molar-refractivity contribution in [2.75, 3.05) is 12.3 Å². The molecule has 4 nitrogen and oxygen atoms in total. The first-order valence-electron chi connectivity index (χ1n) is 3.94. The molecule has 0 bridgehead atoms. The number of carbonyl (C=O) groups is 1. The van der Waals surface area contributed by atoms with Gasteiger partial charge in [-0.25, -0.2) is 4.98 Å². The van der Waals surface area contributed by atoms with Gasteiger partial charge in [0.1, 0.15) is 0 Å². The van der Waals surface area contributed by atoms with Gasteiger partial charge in [0.05, 0.1) is 12.3 Å². The van der Waals surface area contributed by atoms with Gasteiger partial charge in [-0.15, -0.1) is 11.3 Å². The first kappa shape index (κ1) is 9.98. The van der Waals surface area contributed by atoms with Crippen LogP contribution < -0.4 is 5.73 Å². The average Bonchev–Trinajstić information content (AvgIpc) is 2.29. The Morgan fingerprint density at radius 2 is 2.38 bits per heavy atom. The molecule has 1 rings (SSSR count). The Kier molecular flexibility index (Phi) is 3.25. The van der Waals surface area contributed by atoms with E-state index in [1.54, 1.807) is 0 Å². The van der Waals surface area contributed by atoms with E-state index in [9.17, 15) is 4.79 Å². The molecular weight excluding hydrogens is 188 g/mol. The Morgan fingerprint density at radius 3 is 2.85 bits per heavy atom. The summed E-state index contributed by atoms with van der Waals surface area (Å²) in [6.45, 7) is 3.70. The van der Waals surface area contributed by atoms with E-state index < -0.39 is 0 Å². The normalized spacial score (nSPS) is 10.0. The van der Waals surface area contributed by atoms with Crippen LogP contribution >= 0.6 is 11.3 Å². The number of nitrogens with two attached hydrogens (primary N) is 1. The van der Waals surface area contributed by atoms with Crippen molar-refractivity contribution in [3.8, 4) is 0 Å². The van der Waals surface area contributed by atoms with Gasteiger partial charge in [0.25, 0.3) is 0 Å². The second-order valence-corrected chi connectivity index (χ2v) is 3.77. The van der Waals surface area contributed by atoms with Crippen LogP contribution in [0.3, 0.4) is 0 Å². The third-order valence-electron chi connectivity index (χ3n) is 1.54. The summed E-state index contributed by atoms with van der Waals surface area (Å²) < 4.78 is 4.81. The van der Waals surface area contributed by atoms with Crippen LogP contribution in [0.2, 0.25) is 0 Å². The third-order valence-corrected chi connectivity index (χ3v) is 2.59. The minimum atomic E-state index is -0.254. The van der Waals surface area contributed by atoms with Gasteiger partial charge in [-0.2, -0.15) is 0 Å². The molecule has 0 aliphatic carbocycles. The van der Waals surface area contributed by atoms with E-state index in [-0.39, 0.29) is 5.97 Å². The molecule has 0 amide bonds. The largest absolute Gasteiger partial charge is 0.465 e. The number of aryl methyl sites for hydroxylation is 1. The zero-order valence-electron chi connectivity index (χ0n) is 7.66. The van der Waals surface area contributed by atoms with E-state index in [2.05, 4.69) is 4.98 Å². The number of hydrogen-bond acceptors (Lipinski definition) is 5. The smallest absolute Gasteiger partial charge is 0.302 e. The molecule has 0 fully saturated rings. The van der Waals surface area contributed by atoms with Crippen LogP contribution in [-0.4, -0.2) is 17.6 Å². The predicted molar refractivity (Wildman–Crippen MR) is 51.6 cm³/mol. The van der Waals surface area contributed by atoms with Gasteiger partial charge in [0, 0.05) is 18.2 Å². The number of hydrogen-bond donors (Lipinski definition) is 1. The molecule has 0 unspecified atom stereocenters. The van der Waals surface area contributed by atoms with E-state index in [4.69, 9.17) is 10.5 Å². The summed E-state index contributed by atoms with van der Waals surface area (Å²) in [5, 5.41) is 0.565. The molecule has 72 valence electrons. The fourth-order valence-electron chi connectivity index (χ4n) is 0.970. The summed E-state index contributed by atoms with van der Waals surface area (Å²) in [4.78, 5) is 15.6. The van der Waals surface area contributed by atoms with Crippen LogP contribution in [0, 0.1) is 6.92 Å². The summed E-state index contributed by atoms with van der Waals surface area (Å²) in [6.07, 6.45) is 0.695. The molecular formula is C8H12N2O2S. The zero-order valence-corrected chi connectivity index (χ0v) is 8.48. The van der Waals surface area contributed by atoms with Crippen molar-refractivity contribution < 1.29 is 9.53 Å². The van der Waals surface area contributed by atoms with Crippen LogP contribution in [-0.2, 0) is 16.0 Å². The second kappa shape index (κ2) is 4.23. The first-order valence-corrected chi connectivity index (χ1v) is 4.76. The molecule has 2 N–H and O–H groups in total. The number of nitrogen functional groups attached to an aromatic ring is 1. The fraction of sp³-hybridized carbons (Fsp3) is 0.500. The number of nitrogens with zero attached hydrogens (tertiary/aromatic N) is 1. The molecule has 0 spiro atoms. The molecule has 1 aromatic heterocycles. The lowest BCUT2D eigenvalue weighted by Gasteiger charge is -1.99. The lowest BCUT2D eigenvalue weighted by molar-refractivity contribution is -0.140. The highest BCUT2D eigenvalue weighted by molar-refractivity contribution is 7.15. The molecule has 1 aromatic rings. The average molecular weight is 200 g/mol. The predicted octanol–water partition coefficient (Wildman–Crippen LogP) is 1.14. The minimum absolute atomic E-state index is 0.254.